The van der Waals surface area contributed by atoms with Gasteiger partial charge in [0.1, 0.15) is 11.8 Å². The van der Waals surface area contributed by atoms with Crippen molar-refractivity contribution in [2.75, 3.05) is 13.4 Å². The van der Waals surface area contributed by atoms with Crippen molar-refractivity contribution in [3.05, 3.63) is 57.8 Å². The minimum atomic E-state index is -3.24. The molecule has 7 heteroatoms. The van der Waals surface area contributed by atoms with Crippen molar-refractivity contribution in [3.8, 4) is 17.3 Å². The van der Waals surface area contributed by atoms with E-state index in [1.165, 1.54) is 0 Å². The van der Waals surface area contributed by atoms with Gasteiger partial charge in [-0.25, -0.2) is 13.1 Å². The number of aromatic nitrogens is 1. The van der Waals surface area contributed by atoms with Gasteiger partial charge in [-0.2, -0.15) is 5.26 Å². The molecule has 0 bridgehead atoms. The number of rotatable bonds is 6. The molecule has 2 aromatic rings. The first-order valence-corrected chi connectivity index (χ1v) is 10.9. The summed E-state index contributed by atoms with van der Waals surface area (Å²) in [5.41, 5.74) is 3.27. The second kappa shape index (κ2) is 8.05. The second-order valence-electron chi connectivity index (χ2n) is 6.56. The van der Waals surface area contributed by atoms with Crippen LogP contribution in [0, 0.1) is 11.3 Å². The topological polar surface area (TPSA) is 84.1 Å². The van der Waals surface area contributed by atoms with Crippen LogP contribution in [0.15, 0.2) is 36.1 Å². The van der Waals surface area contributed by atoms with Crippen molar-refractivity contribution < 1.29 is 13.2 Å². The molecule has 0 saturated carbocycles. The summed E-state index contributed by atoms with van der Waals surface area (Å²) in [6, 6.07) is 9.97. The Kier molecular flexibility index (Phi) is 5.73. The summed E-state index contributed by atoms with van der Waals surface area (Å²) >= 11 is 0. The van der Waals surface area contributed by atoms with Crippen molar-refractivity contribution in [3.63, 3.8) is 0 Å². The van der Waals surface area contributed by atoms with Crippen LogP contribution in [0.25, 0.3) is 23.4 Å². The molecule has 28 heavy (non-hydrogen) atoms. The summed E-state index contributed by atoms with van der Waals surface area (Å²) in [7, 11) is -1.60. The summed E-state index contributed by atoms with van der Waals surface area (Å²) in [6.07, 6.45) is 7.85. The second-order valence-corrected chi connectivity index (χ2v) is 8.40. The van der Waals surface area contributed by atoms with E-state index in [9.17, 15) is 13.7 Å². The first-order chi connectivity index (χ1) is 13.4. The SMILES string of the molecule is CCn1c(-c2ccc(CNS(C)(=O)=O)cc2)c(C#N)c2c1=CC(OC)=CCC=2. The van der Waals surface area contributed by atoms with Crippen LogP contribution in [-0.2, 0) is 27.8 Å². The van der Waals surface area contributed by atoms with E-state index in [2.05, 4.69) is 21.4 Å². The molecule has 1 N–H and O–H groups in total. The smallest absolute Gasteiger partial charge is 0.209 e. The molecular formula is C21H23N3O3S. The fourth-order valence-electron chi connectivity index (χ4n) is 3.38. The zero-order valence-corrected chi connectivity index (χ0v) is 17.0. The highest BCUT2D eigenvalue weighted by molar-refractivity contribution is 7.88. The minimum Gasteiger partial charge on any atom is -0.497 e. The van der Waals surface area contributed by atoms with E-state index in [-0.39, 0.29) is 6.54 Å². The third-order valence-corrected chi connectivity index (χ3v) is 5.36. The van der Waals surface area contributed by atoms with Crippen LogP contribution < -0.4 is 15.3 Å². The molecular weight excluding hydrogens is 374 g/mol. The van der Waals surface area contributed by atoms with Gasteiger partial charge in [-0.05, 0) is 30.5 Å². The number of hydrogen-bond acceptors (Lipinski definition) is 4. The summed E-state index contributed by atoms with van der Waals surface area (Å²) in [4.78, 5) is 0. The molecule has 1 aliphatic carbocycles. The van der Waals surface area contributed by atoms with Gasteiger partial charge in [-0.15, -0.1) is 0 Å². The first-order valence-electron chi connectivity index (χ1n) is 9.00. The van der Waals surface area contributed by atoms with E-state index in [0.29, 0.717) is 18.5 Å². The average Bonchev–Trinajstić information content (AvgIpc) is 2.82. The molecule has 0 saturated heterocycles. The lowest BCUT2D eigenvalue weighted by Crippen LogP contribution is -2.29. The van der Waals surface area contributed by atoms with Gasteiger partial charge in [0.25, 0.3) is 0 Å². The Morgan fingerprint density at radius 1 is 1.25 bits per heavy atom. The number of hydrogen-bond donors (Lipinski definition) is 1. The molecule has 1 aliphatic rings. The standard InChI is InChI=1S/C21H23N3O3S/c1-4-24-20-12-17(27-2)6-5-7-18(20)19(13-22)21(24)16-10-8-15(9-11-16)14-23-28(3,25)26/h6-12,23H,4-5,14H2,1-3H3. The fraction of sp³-hybridized carbons (Fsp3) is 0.286. The highest BCUT2D eigenvalue weighted by Crippen LogP contribution is 2.22. The molecule has 0 atom stereocenters. The molecule has 3 rings (SSSR count). The lowest BCUT2D eigenvalue weighted by molar-refractivity contribution is 0.312. The number of allylic oxidation sites excluding steroid dienone is 2. The Balaban J connectivity index is 2.12. The first kappa shape index (κ1) is 19.9. The van der Waals surface area contributed by atoms with Gasteiger partial charge in [-0.3, -0.25) is 0 Å². The Bertz CT molecular complexity index is 1180. The maximum absolute atomic E-state index is 11.3. The number of nitriles is 1. The predicted octanol–water partition coefficient (Wildman–Crippen LogP) is 1.59. The molecule has 6 nitrogen and oxygen atoms in total. The van der Waals surface area contributed by atoms with Crippen molar-refractivity contribution >= 4 is 22.2 Å². The molecule has 0 fully saturated rings. The van der Waals surface area contributed by atoms with Gasteiger partial charge in [-0.1, -0.05) is 30.3 Å². The third kappa shape index (κ3) is 4.03. The number of nitrogens with one attached hydrogen (secondary N) is 1. The molecule has 146 valence electrons. The van der Waals surface area contributed by atoms with E-state index >= 15 is 0 Å². The number of benzene rings is 1. The molecule has 0 unspecified atom stereocenters. The van der Waals surface area contributed by atoms with Gasteiger partial charge < -0.3 is 9.30 Å². The lowest BCUT2D eigenvalue weighted by Gasteiger charge is -2.10. The molecule has 0 amide bonds. The molecule has 0 radical (unpaired) electrons. The minimum absolute atomic E-state index is 0.235. The summed E-state index contributed by atoms with van der Waals surface area (Å²) in [6.45, 7) is 2.99. The zero-order chi connectivity index (χ0) is 20.3. The molecule has 1 aromatic heterocycles. The molecule has 1 heterocycles. The number of methoxy groups -OCH3 is 1. The van der Waals surface area contributed by atoms with E-state index in [1.807, 2.05) is 43.3 Å². The summed E-state index contributed by atoms with van der Waals surface area (Å²) in [5.74, 6) is 0.778. The normalized spacial score (nSPS) is 13.4. The van der Waals surface area contributed by atoms with Gasteiger partial charge in [0, 0.05) is 24.4 Å². The van der Waals surface area contributed by atoms with E-state index in [4.69, 9.17) is 4.74 Å². The Morgan fingerprint density at radius 3 is 2.54 bits per heavy atom. The van der Waals surface area contributed by atoms with Gasteiger partial charge in [0.2, 0.25) is 10.0 Å². The van der Waals surface area contributed by atoms with Crippen LogP contribution in [0.3, 0.4) is 0 Å². The van der Waals surface area contributed by atoms with Gasteiger partial charge in [0.05, 0.1) is 30.0 Å². The number of nitrogens with zero attached hydrogens (tertiary/aromatic N) is 2. The van der Waals surface area contributed by atoms with Crippen LogP contribution in [0.2, 0.25) is 0 Å². The van der Waals surface area contributed by atoms with Crippen molar-refractivity contribution in [2.24, 2.45) is 0 Å². The third-order valence-electron chi connectivity index (χ3n) is 4.69. The largest absolute Gasteiger partial charge is 0.497 e. The summed E-state index contributed by atoms with van der Waals surface area (Å²) < 4.78 is 32.6. The highest BCUT2D eigenvalue weighted by Gasteiger charge is 2.17. The molecule has 0 spiro atoms. The quantitative estimate of drug-likeness (QED) is 0.802. The number of sulfonamides is 1. The summed E-state index contributed by atoms with van der Waals surface area (Å²) in [5, 5.41) is 11.7. The Morgan fingerprint density at radius 2 is 1.96 bits per heavy atom. The van der Waals surface area contributed by atoms with Crippen LogP contribution in [0.4, 0.5) is 0 Å². The van der Waals surface area contributed by atoms with Crippen LogP contribution >= 0.6 is 0 Å². The fourth-order valence-corrected chi connectivity index (χ4v) is 3.81. The van der Waals surface area contributed by atoms with Crippen LogP contribution in [0.1, 0.15) is 24.5 Å². The van der Waals surface area contributed by atoms with E-state index in [1.54, 1.807) is 7.11 Å². The molecule has 0 aliphatic heterocycles. The number of fused-ring (bicyclic) bond motifs is 1. The van der Waals surface area contributed by atoms with E-state index < -0.39 is 10.0 Å². The monoisotopic (exact) mass is 397 g/mol. The molecule has 1 aromatic carbocycles. The predicted molar refractivity (Wildman–Crippen MR) is 110 cm³/mol. The Hall–Kier alpha value is -2.82. The average molecular weight is 398 g/mol. The van der Waals surface area contributed by atoms with Crippen molar-refractivity contribution in [1.29, 1.82) is 5.26 Å². The van der Waals surface area contributed by atoms with Crippen LogP contribution in [-0.4, -0.2) is 26.4 Å². The highest BCUT2D eigenvalue weighted by atomic mass is 32.2. The Labute approximate surface area is 165 Å². The van der Waals surface area contributed by atoms with Crippen LogP contribution in [0.5, 0.6) is 0 Å². The maximum atomic E-state index is 11.3. The maximum Gasteiger partial charge on any atom is 0.209 e. The van der Waals surface area contributed by atoms with Crippen molar-refractivity contribution in [2.45, 2.75) is 26.4 Å². The van der Waals surface area contributed by atoms with Crippen molar-refractivity contribution in [1.82, 2.24) is 9.29 Å². The van der Waals surface area contributed by atoms with E-state index in [0.717, 1.165) is 39.4 Å². The van der Waals surface area contributed by atoms with Gasteiger partial charge in [0.15, 0.2) is 0 Å². The lowest BCUT2D eigenvalue weighted by atomic mass is 10.0. The van der Waals surface area contributed by atoms with Gasteiger partial charge >= 0.3 is 0 Å². The number of ether oxygens (including phenoxy) is 1. The zero-order valence-electron chi connectivity index (χ0n) is 16.2.